The summed E-state index contributed by atoms with van der Waals surface area (Å²) in [7, 11) is 1.75. The van der Waals surface area contributed by atoms with Gasteiger partial charge < -0.3 is 10.2 Å². The lowest BCUT2D eigenvalue weighted by Gasteiger charge is -2.38. The number of anilines is 1. The third-order valence-electron chi connectivity index (χ3n) is 5.54. The Morgan fingerprint density at radius 2 is 1.58 bits per heavy atom. The number of hydrogen-bond donors (Lipinski definition) is 1. The Balaban J connectivity index is 1.44. The minimum absolute atomic E-state index is 0.0260. The first-order chi connectivity index (χ1) is 14.8. The van der Waals surface area contributed by atoms with E-state index in [2.05, 4.69) is 41.4 Å². The monoisotopic (exact) mass is 462 g/mol. The standard InChI is InChI=1S/C23H28Cl2N4O2/c1-17(18-7-4-3-5-8-18)28-11-13-29(14-12-28)22(31)16-27(2)15-21(30)26-23-19(24)9-6-10-20(23)25/h3-10,17H,11-16H2,1-2H3,(H,26,30)/t17-/m0/s1. The fraction of sp³-hybridized carbons (Fsp3) is 0.391. The van der Waals surface area contributed by atoms with Gasteiger partial charge in [-0.2, -0.15) is 0 Å². The fourth-order valence-electron chi connectivity index (χ4n) is 3.73. The molecule has 6 nitrogen and oxygen atoms in total. The number of nitrogens with one attached hydrogen (secondary N) is 1. The van der Waals surface area contributed by atoms with Gasteiger partial charge in [0.05, 0.1) is 28.8 Å². The maximum Gasteiger partial charge on any atom is 0.238 e. The lowest BCUT2D eigenvalue weighted by atomic mass is 10.1. The van der Waals surface area contributed by atoms with E-state index in [1.807, 2.05) is 11.0 Å². The van der Waals surface area contributed by atoms with Gasteiger partial charge >= 0.3 is 0 Å². The molecule has 1 saturated heterocycles. The Hall–Kier alpha value is -2.12. The SMILES string of the molecule is C[C@@H](c1ccccc1)N1CCN(C(=O)CN(C)CC(=O)Nc2c(Cl)cccc2Cl)CC1. The molecule has 1 heterocycles. The Morgan fingerprint density at radius 3 is 2.19 bits per heavy atom. The average molecular weight is 463 g/mol. The number of carbonyl (C=O) groups excluding carboxylic acids is 2. The number of benzene rings is 2. The van der Waals surface area contributed by atoms with Crippen molar-refractivity contribution in [1.29, 1.82) is 0 Å². The van der Waals surface area contributed by atoms with Crippen molar-refractivity contribution < 1.29 is 9.59 Å². The van der Waals surface area contributed by atoms with Crippen LogP contribution in [0.1, 0.15) is 18.5 Å². The molecule has 31 heavy (non-hydrogen) atoms. The molecule has 1 atom stereocenters. The quantitative estimate of drug-likeness (QED) is 0.680. The summed E-state index contributed by atoms with van der Waals surface area (Å²) in [5, 5.41) is 3.47. The summed E-state index contributed by atoms with van der Waals surface area (Å²) >= 11 is 12.2. The van der Waals surface area contributed by atoms with Crippen LogP contribution in [0.3, 0.4) is 0 Å². The van der Waals surface area contributed by atoms with Gasteiger partial charge in [0.15, 0.2) is 0 Å². The topological polar surface area (TPSA) is 55.9 Å². The molecular weight excluding hydrogens is 435 g/mol. The summed E-state index contributed by atoms with van der Waals surface area (Å²) in [6.45, 7) is 5.48. The number of rotatable bonds is 7. The van der Waals surface area contributed by atoms with Crippen LogP contribution in [0, 0.1) is 0 Å². The van der Waals surface area contributed by atoms with Crippen LogP contribution >= 0.6 is 23.2 Å². The third-order valence-corrected chi connectivity index (χ3v) is 6.17. The Bertz CT molecular complexity index is 881. The minimum atomic E-state index is -0.271. The molecule has 0 spiro atoms. The van der Waals surface area contributed by atoms with Crippen molar-refractivity contribution in [3.05, 3.63) is 64.1 Å². The summed E-state index contributed by atoms with van der Waals surface area (Å²) < 4.78 is 0. The summed E-state index contributed by atoms with van der Waals surface area (Å²) in [4.78, 5) is 31.0. The van der Waals surface area contributed by atoms with E-state index in [-0.39, 0.29) is 24.9 Å². The minimum Gasteiger partial charge on any atom is -0.339 e. The maximum absolute atomic E-state index is 12.7. The van der Waals surface area contributed by atoms with Gasteiger partial charge in [-0.3, -0.25) is 19.4 Å². The summed E-state index contributed by atoms with van der Waals surface area (Å²) in [5.74, 6) is -0.245. The van der Waals surface area contributed by atoms with Gasteiger partial charge in [-0.1, -0.05) is 59.6 Å². The molecule has 8 heteroatoms. The van der Waals surface area contributed by atoms with Gasteiger partial charge in [0.1, 0.15) is 0 Å². The molecule has 3 rings (SSSR count). The predicted octanol–water partition coefficient (Wildman–Crippen LogP) is 3.77. The molecular formula is C23H28Cl2N4O2. The highest BCUT2D eigenvalue weighted by Gasteiger charge is 2.25. The lowest BCUT2D eigenvalue weighted by Crippen LogP contribution is -2.51. The molecule has 0 aromatic heterocycles. The van der Waals surface area contributed by atoms with Gasteiger partial charge in [-0.25, -0.2) is 0 Å². The van der Waals surface area contributed by atoms with Crippen molar-refractivity contribution in [2.75, 3.05) is 51.6 Å². The van der Waals surface area contributed by atoms with E-state index < -0.39 is 0 Å². The first-order valence-corrected chi connectivity index (χ1v) is 11.1. The van der Waals surface area contributed by atoms with Crippen LogP contribution < -0.4 is 5.32 Å². The Kier molecular flexibility index (Phi) is 8.32. The fourth-order valence-corrected chi connectivity index (χ4v) is 4.22. The predicted molar refractivity (Wildman–Crippen MR) is 126 cm³/mol. The van der Waals surface area contributed by atoms with Crippen LogP contribution in [0.5, 0.6) is 0 Å². The van der Waals surface area contributed by atoms with Crippen molar-refractivity contribution in [3.8, 4) is 0 Å². The van der Waals surface area contributed by atoms with Gasteiger partial charge in [0.25, 0.3) is 0 Å². The average Bonchev–Trinajstić information content (AvgIpc) is 2.76. The van der Waals surface area contributed by atoms with E-state index >= 15 is 0 Å². The van der Waals surface area contributed by atoms with E-state index in [1.54, 1.807) is 30.1 Å². The number of piperazine rings is 1. The zero-order chi connectivity index (χ0) is 22.4. The number of carbonyl (C=O) groups is 2. The molecule has 2 aromatic rings. The molecule has 1 fully saturated rings. The van der Waals surface area contributed by atoms with E-state index in [1.165, 1.54) is 5.56 Å². The Labute approximate surface area is 193 Å². The van der Waals surface area contributed by atoms with Gasteiger partial charge in [0, 0.05) is 32.2 Å². The van der Waals surface area contributed by atoms with Crippen molar-refractivity contribution in [1.82, 2.24) is 14.7 Å². The smallest absolute Gasteiger partial charge is 0.238 e. The van der Waals surface area contributed by atoms with Crippen LogP contribution in [0.15, 0.2) is 48.5 Å². The Morgan fingerprint density at radius 1 is 0.968 bits per heavy atom. The highest BCUT2D eigenvalue weighted by Crippen LogP contribution is 2.29. The second kappa shape index (κ2) is 11.0. The molecule has 2 amide bonds. The van der Waals surface area contributed by atoms with Crippen molar-refractivity contribution in [2.24, 2.45) is 0 Å². The lowest BCUT2D eigenvalue weighted by molar-refractivity contribution is -0.134. The maximum atomic E-state index is 12.7. The second-order valence-electron chi connectivity index (χ2n) is 7.82. The van der Waals surface area contributed by atoms with E-state index in [0.29, 0.717) is 34.9 Å². The first-order valence-electron chi connectivity index (χ1n) is 10.3. The molecule has 166 valence electrons. The number of likely N-dealkylation sites (N-methyl/N-ethyl adjacent to an activating group) is 1. The number of hydrogen-bond acceptors (Lipinski definition) is 4. The molecule has 0 radical (unpaired) electrons. The highest BCUT2D eigenvalue weighted by molar-refractivity contribution is 6.39. The zero-order valence-corrected chi connectivity index (χ0v) is 19.4. The molecule has 0 aliphatic carbocycles. The normalized spacial score (nSPS) is 15.7. The number of nitrogens with zero attached hydrogens (tertiary/aromatic N) is 3. The van der Waals surface area contributed by atoms with Crippen molar-refractivity contribution in [2.45, 2.75) is 13.0 Å². The summed E-state index contributed by atoms with van der Waals surface area (Å²) in [6.07, 6.45) is 0. The summed E-state index contributed by atoms with van der Waals surface area (Å²) in [5.41, 5.74) is 1.67. The molecule has 2 aromatic carbocycles. The van der Waals surface area contributed by atoms with Crippen LogP contribution in [0.4, 0.5) is 5.69 Å². The molecule has 1 aliphatic heterocycles. The first kappa shape index (κ1) is 23.5. The zero-order valence-electron chi connectivity index (χ0n) is 17.9. The second-order valence-corrected chi connectivity index (χ2v) is 8.63. The highest BCUT2D eigenvalue weighted by atomic mass is 35.5. The molecule has 0 saturated carbocycles. The third kappa shape index (κ3) is 6.43. The number of para-hydroxylation sites is 1. The van der Waals surface area contributed by atoms with Gasteiger partial charge in [0.2, 0.25) is 11.8 Å². The van der Waals surface area contributed by atoms with Crippen LogP contribution in [0.2, 0.25) is 10.0 Å². The molecule has 1 aliphatic rings. The van der Waals surface area contributed by atoms with Crippen molar-refractivity contribution in [3.63, 3.8) is 0 Å². The number of amides is 2. The molecule has 0 unspecified atom stereocenters. The van der Waals surface area contributed by atoms with Gasteiger partial charge in [-0.05, 0) is 31.7 Å². The van der Waals surface area contributed by atoms with E-state index in [0.717, 1.165) is 13.1 Å². The number of halogens is 2. The van der Waals surface area contributed by atoms with Crippen molar-refractivity contribution >= 4 is 40.7 Å². The van der Waals surface area contributed by atoms with Crippen LogP contribution in [-0.4, -0.2) is 72.8 Å². The van der Waals surface area contributed by atoms with E-state index in [9.17, 15) is 9.59 Å². The van der Waals surface area contributed by atoms with Gasteiger partial charge in [-0.15, -0.1) is 0 Å². The van der Waals surface area contributed by atoms with E-state index in [4.69, 9.17) is 23.2 Å². The molecule has 0 bridgehead atoms. The van der Waals surface area contributed by atoms with Crippen LogP contribution in [0.25, 0.3) is 0 Å². The van der Waals surface area contributed by atoms with Crippen LogP contribution in [-0.2, 0) is 9.59 Å². The molecule has 1 N–H and O–H groups in total. The summed E-state index contributed by atoms with van der Waals surface area (Å²) in [6, 6.07) is 15.8. The largest absolute Gasteiger partial charge is 0.339 e.